The molecule has 0 bridgehead atoms. The zero-order chi connectivity index (χ0) is 12.3. The average Bonchev–Trinajstić information content (AvgIpc) is 2.51. The van der Waals surface area contributed by atoms with Crippen LogP contribution in [0.2, 0.25) is 0 Å². The normalized spacial score (nSPS) is 22.5. The Morgan fingerprint density at radius 2 is 2.29 bits per heavy atom. The minimum absolute atomic E-state index is 0.0139. The van der Waals surface area contributed by atoms with E-state index in [1.54, 1.807) is 12.1 Å². The van der Waals surface area contributed by atoms with Gasteiger partial charge in [0.05, 0.1) is 6.61 Å². The van der Waals surface area contributed by atoms with Crippen LogP contribution >= 0.6 is 0 Å². The zero-order valence-electron chi connectivity index (χ0n) is 9.30. The first-order valence-corrected chi connectivity index (χ1v) is 5.39. The molecule has 2 rings (SSSR count). The molecular weight excluding hydrogens is 220 g/mol. The summed E-state index contributed by atoms with van der Waals surface area (Å²) < 4.78 is 5.43. The third kappa shape index (κ3) is 2.54. The summed E-state index contributed by atoms with van der Waals surface area (Å²) in [6.45, 7) is -0.376. The van der Waals surface area contributed by atoms with Crippen molar-refractivity contribution in [3.8, 4) is 5.75 Å². The van der Waals surface area contributed by atoms with E-state index in [1.165, 1.54) is 6.08 Å². The van der Waals surface area contributed by atoms with Crippen molar-refractivity contribution in [2.24, 2.45) is 0 Å². The maximum Gasteiger partial charge on any atom is 0.140 e. The molecule has 2 N–H and O–H groups in total. The van der Waals surface area contributed by atoms with Crippen LogP contribution < -0.4 is 4.74 Å². The number of aliphatic hydroxyl groups is 2. The molecule has 4 heteroatoms. The fourth-order valence-corrected chi connectivity index (χ4v) is 1.68. The van der Waals surface area contributed by atoms with Crippen LogP contribution in [0.3, 0.4) is 0 Å². The molecule has 1 aliphatic rings. The van der Waals surface area contributed by atoms with E-state index < -0.39 is 12.2 Å². The minimum Gasteiger partial charge on any atom is -0.490 e. The summed E-state index contributed by atoms with van der Waals surface area (Å²) in [5.74, 6) is 0.639. The lowest BCUT2D eigenvalue weighted by atomic mass is 10.0. The number of hydrogen-bond donors (Lipinski definition) is 2. The molecule has 0 amide bonds. The SMILES string of the molecule is O=CCc1ccc2c(c1)C=CC(O)(CO)CO2. The smallest absolute Gasteiger partial charge is 0.140 e. The van der Waals surface area contributed by atoms with Gasteiger partial charge in [-0.15, -0.1) is 0 Å². The summed E-state index contributed by atoms with van der Waals surface area (Å²) in [7, 11) is 0. The van der Waals surface area contributed by atoms with Crippen LogP contribution in [0.5, 0.6) is 5.75 Å². The van der Waals surface area contributed by atoms with Gasteiger partial charge in [-0.2, -0.15) is 0 Å². The molecule has 0 radical (unpaired) electrons. The second-order valence-corrected chi connectivity index (χ2v) is 4.13. The molecule has 4 nitrogen and oxygen atoms in total. The highest BCUT2D eigenvalue weighted by Crippen LogP contribution is 2.27. The Bertz CT molecular complexity index is 453. The molecule has 0 fully saturated rings. The van der Waals surface area contributed by atoms with Gasteiger partial charge in [0.25, 0.3) is 0 Å². The van der Waals surface area contributed by atoms with E-state index in [9.17, 15) is 9.90 Å². The van der Waals surface area contributed by atoms with Gasteiger partial charge in [-0.05, 0) is 23.8 Å². The van der Waals surface area contributed by atoms with Gasteiger partial charge in [0.2, 0.25) is 0 Å². The number of aldehydes is 1. The molecule has 1 aromatic rings. The molecule has 1 aliphatic heterocycles. The number of carbonyl (C=O) groups excluding carboxylic acids is 1. The maximum atomic E-state index is 10.4. The first kappa shape index (κ1) is 11.8. The van der Waals surface area contributed by atoms with Gasteiger partial charge >= 0.3 is 0 Å². The summed E-state index contributed by atoms with van der Waals surface area (Å²) in [4.78, 5) is 10.4. The van der Waals surface area contributed by atoms with Gasteiger partial charge in [0.15, 0.2) is 0 Å². The van der Waals surface area contributed by atoms with Crippen molar-refractivity contribution in [3.63, 3.8) is 0 Å². The predicted octanol–water partition coefficient (Wildman–Crippen LogP) is 0.557. The number of hydrogen-bond acceptors (Lipinski definition) is 4. The Kier molecular flexibility index (Phi) is 3.26. The lowest BCUT2D eigenvalue weighted by Crippen LogP contribution is -2.37. The topological polar surface area (TPSA) is 66.8 Å². The van der Waals surface area contributed by atoms with Crippen molar-refractivity contribution in [3.05, 3.63) is 35.4 Å². The molecule has 0 saturated carbocycles. The van der Waals surface area contributed by atoms with Crippen LogP contribution in [-0.4, -0.2) is 35.3 Å². The number of fused-ring (bicyclic) bond motifs is 1. The van der Waals surface area contributed by atoms with Crippen molar-refractivity contribution in [2.75, 3.05) is 13.2 Å². The van der Waals surface area contributed by atoms with E-state index in [0.717, 1.165) is 17.4 Å². The largest absolute Gasteiger partial charge is 0.490 e. The first-order valence-electron chi connectivity index (χ1n) is 5.39. The molecule has 0 spiro atoms. The van der Waals surface area contributed by atoms with Crippen molar-refractivity contribution >= 4 is 12.4 Å². The fraction of sp³-hybridized carbons (Fsp3) is 0.308. The van der Waals surface area contributed by atoms with E-state index in [4.69, 9.17) is 9.84 Å². The third-order valence-corrected chi connectivity index (χ3v) is 2.72. The Hall–Kier alpha value is -1.65. The summed E-state index contributed by atoms with van der Waals surface area (Å²) in [6.07, 6.45) is 4.41. The molecule has 1 heterocycles. The highest BCUT2D eigenvalue weighted by molar-refractivity contribution is 5.63. The van der Waals surface area contributed by atoms with Crippen molar-refractivity contribution in [1.29, 1.82) is 0 Å². The Morgan fingerprint density at radius 1 is 1.47 bits per heavy atom. The van der Waals surface area contributed by atoms with E-state index in [2.05, 4.69) is 0 Å². The van der Waals surface area contributed by atoms with Crippen LogP contribution in [0.4, 0.5) is 0 Å². The minimum atomic E-state index is -1.34. The quantitative estimate of drug-likeness (QED) is 0.750. The number of benzene rings is 1. The molecule has 1 aromatic carbocycles. The lowest BCUT2D eigenvalue weighted by Gasteiger charge is -2.20. The Morgan fingerprint density at radius 3 is 3.00 bits per heavy atom. The predicted molar refractivity (Wildman–Crippen MR) is 62.8 cm³/mol. The number of carbonyl (C=O) groups is 1. The van der Waals surface area contributed by atoms with Gasteiger partial charge in [-0.1, -0.05) is 12.1 Å². The summed E-state index contributed by atoms with van der Waals surface area (Å²) in [5.41, 5.74) is 0.347. The van der Waals surface area contributed by atoms with E-state index in [0.29, 0.717) is 12.2 Å². The zero-order valence-corrected chi connectivity index (χ0v) is 9.30. The van der Waals surface area contributed by atoms with Crippen molar-refractivity contribution < 1.29 is 19.7 Å². The van der Waals surface area contributed by atoms with Crippen molar-refractivity contribution in [2.45, 2.75) is 12.0 Å². The third-order valence-electron chi connectivity index (χ3n) is 2.72. The summed E-state index contributed by atoms with van der Waals surface area (Å²) >= 11 is 0. The highest BCUT2D eigenvalue weighted by atomic mass is 16.5. The van der Waals surface area contributed by atoms with Crippen LogP contribution in [-0.2, 0) is 11.2 Å². The van der Waals surface area contributed by atoms with Crippen LogP contribution in [0.25, 0.3) is 6.08 Å². The lowest BCUT2D eigenvalue weighted by molar-refractivity contribution is -0.107. The van der Waals surface area contributed by atoms with Gasteiger partial charge in [0, 0.05) is 12.0 Å². The van der Waals surface area contributed by atoms with E-state index in [-0.39, 0.29) is 6.61 Å². The molecule has 0 saturated heterocycles. The van der Waals surface area contributed by atoms with Crippen LogP contribution in [0.15, 0.2) is 24.3 Å². The fourth-order valence-electron chi connectivity index (χ4n) is 1.68. The standard InChI is InChI=1S/C13H14O4/c14-6-4-10-1-2-12-11(7-10)3-5-13(16,8-15)9-17-12/h1-3,5-7,15-16H,4,8-9H2. The second-order valence-electron chi connectivity index (χ2n) is 4.13. The number of rotatable bonds is 3. The molecular formula is C13H14O4. The molecule has 90 valence electrons. The van der Waals surface area contributed by atoms with Gasteiger partial charge in [-0.3, -0.25) is 0 Å². The second kappa shape index (κ2) is 4.69. The molecule has 1 atom stereocenters. The molecule has 17 heavy (non-hydrogen) atoms. The monoisotopic (exact) mass is 234 g/mol. The molecule has 0 aromatic heterocycles. The van der Waals surface area contributed by atoms with Crippen LogP contribution in [0, 0.1) is 0 Å². The number of ether oxygens (including phenoxy) is 1. The average molecular weight is 234 g/mol. The van der Waals surface area contributed by atoms with E-state index >= 15 is 0 Å². The van der Waals surface area contributed by atoms with Crippen LogP contribution in [0.1, 0.15) is 11.1 Å². The van der Waals surface area contributed by atoms with Crippen molar-refractivity contribution in [1.82, 2.24) is 0 Å². The molecule has 1 unspecified atom stereocenters. The Balaban J connectivity index is 2.32. The van der Waals surface area contributed by atoms with Gasteiger partial charge in [-0.25, -0.2) is 0 Å². The maximum absolute atomic E-state index is 10.4. The highest BCUT2D eigenvalue weighted by Gasteiger charge is 2.26. The summed E-state index contributed by atoms with van der Waals surface area (Å²) in [6, 6.07) is 5.41. The summed E-state index contributed by atoms with van der Waals surface area (Å²) in [5, 5.41) is 19.0. The van der Waals surface area contributed by atoms with E-state index in [1.807, 2.05) is 12.1 Å². The molecule has 0 aliphatic carbocycles. The number of aliphatic hydroxyl groups excluding tert-OH is 1. The first-order chi connectivity index (χ1) is 8.17. The van der Waals surface area contributed by atoms with Gasteiger partial charge in [0.1, 0.15) is 24.2 Å². The Labute approximate surface area is 99.2 Å². The van der Waals surface area contributed by atoms with Gasteiger partial charge < -0.3 is 19.7 Å².